The lowest BCUT2D eigenvalue weighted by Crippen LogP contribution is -2.55. The van der Waals surface area contributed by atoms with E-state index in [1.54, 1.807) is 7.11 Å². The first kappa shape index (κ1) is 15.9. The molecule has 1 amide bonds. The summed E-state index contributed by atoms with van der Waals surface area (Å²) < 4.78 is 5.34. The zero-order chi connectivity index (χ0) is 17.6. The molecule has 4 rings (SSSR count). The second-order valence-electron chi connectivity index (χ2n) is 7.00. The van der Waals surface area contributed by atoms with Gasteiger partial charge in [0, 0.05) is 23.7 Å². The molecule has 0 bridgehead atoms. The van der Waals surface area contributed by atoms with E-state index in [-0.39, 0.29) is 5.91 Å². The first-order valence-corrected chi connectivity index (χ1v) is 8.81. The third-order valence-electron chi connectivity index (χ3n) is 5.57. The zero-order valence-electron chi connectivity index (χ0n) is 14.7. The average molecular weight is 337 g/mol. The molecule has 130 valence electrons. The molecule has 1 saturated heterocycles. The maximum absolute atomic E-state index is 12.7. The Hall–Kier alpha value is -2.56. The summed E-state index contributed by atoms with van der Waals surface area (Å²) in [6.07, 6.45) is 3.67. The maximum atomic E-state index is 12.7. The van der Waals surface area contributed by atoms with Crippen molar-refractivity contribution in [1.29, 1.82) is 0 Å². The maximum Gasteiger partial charge on any atom is 0.254 e. The summed E-state index contributed by atoms with van der Waals surface area (Å²) in [5.41, 5.74) is 9.32. The van der Waals surface area contributed by atoms with Crippen LogP contribution in [0.1, 0.15) is 35.3 Å². The average Bonchev–Trinajstić information content (AvgIpc) is 2.96. The number of carbonyl (C=O) groups excluding carboxylic acids is 1. The van der Waals surface area contributed by atoms with Gasteiger partial charge in [0.1, 0.15) is 11.6 Å². The molecule has 1 aromatic carbocycles. The Morgan fingerprint density at radius 1 is 1.28 bits per heavy atom. The van der Waals surface area contributed by atoms with Crippen molar-refractivity contribution in [2.24, 2.45) is 5.92 Å². The molecule has 2 aromatic rings. The summed E-state index contributed by atoms with van der Waals surface area (Å²) in [5.74, 6) is 2.04. The van der Waals surface area contributed by atoms with E-state index in [1.165, 1.54) is 12.8 Å². The fourth-order valence-electron chi connectivity index (χ4n) is 4.13. The monoisotopic (exact) mass is 337 g/mol. The summed E-state index contributed by atoms with van der Waals surface area (Å²) in [4.78, 5) is 19.1. The van der Waals surface area contributed by atoms with Crippen molar-refractivity contribution in [1.82, 2.24) is 9.88 Å². The highest BCUT2D eigenvalue weighted by Gasteiger charge is 2.44. The highest BCUT2D eigenvalue weighted by Crippen LogP contribution is 2.39. The summed E-state index contributed by atoms with van der Waals surface area (Å²) in [5, 5.41) is 0. The van der Waals surface area contributed by atoms with Gasteiger partial charge in [0.15, 0.2) is 0 Å². The van der Waals surface area contributed by atoms with Crippen LogP contribution in [0.3, 0.4) is 0 Å². The summed E-state index contributed by atoms with van der Waals surface area (Å²) in [6.45, 7) is 2.78. The third kappa shape index (κ3) is 2.64. The van der Waals surface area contributed by atoms with Crippen LogP contribution in [0.2, 0.25) is 0 Å². The highest BCUT2D eigenvalue weighted by molar-refractivity contribution is 5.95. The smallest absolute Gasteiger partial charge is 0.254 e. The van der Waals surface area contributed by atoms with Crippen molar-refractivity contribution < 1.29 is 9.53 Å². The van der Waals surface area contributed by atoms with Gasteiger partial charge in [-0.15, -0.1) is 0 Å². The van der Waals surface area contributed by atoms with Gasteiger partial charge in [-0.2, -0.15) is 0 Å². The van der Waals surface area contributed by atoms with Gasteiger partial charge in [-0.05, 0) is 49.4 Å². The largest absolute Gasteiger partial charge is 0.495 e. The molecule has 2 aliphatic rings. The van der Waals surface area contributed by atoms with E-state index in [2.05, 4.69) is 4.98 Å². The standard InChI is InChI=1S/C20H23N3O2/c1-12-18(25-2)10-16(19(21)22-12)13-6-8-14(9-7-13)20(24)23-11-15-4-3-5-17(15)23/h6-10,15,17H,3-5,11H2,1-2H3,(H2,21,22)/t15-,17-/m0/s1. The quantitative estimate of drug-likeness (QED) is 0.933. The first-order valence-electron chi connectivity index (χ1n) is 8.81. The molecule has 0 unspecified atom stereocenters. The zero-order valence-corrected chi connectivity index (χ0v) is 14.7. The number of aromatic nitrogens is 1. The number of methoxy groups -OCH3 is 1. The number of pyridine rings is 1. The summed E-state index contributed by atoms with van der Waals surface area (Å²) in [6, 6.07) is 9.99. The highest BCUT2D eigenvalue weighted by atomic mass is 16.5. The van der Waals surface area contributed by atoms with E-state index in [9.17, 15) is 4.79 Å². The van der Waals surface area contributed by atoms with Crippen LogP contribution in [-0.2, 0) is 0 Å². The van der Waals surface area contributed by atoms with E-state index < -0.39 is 0 Å². The van der Waals surface area contributed by atoms with Crippen LogP contribution in [0.15, 0.2) is 30.3 Å². The number of carbonyl (C=O) groups is 1. The second kappa shape index (κ2) is 6.06. The number of benzene rings is 1. The van der Waals surface area contributed by atoms with Gasteiger partial charge in [-0.1, -0.05) is 18.6 Å². The van der Waals surface area contributed by atoms with E-state index in [4.69, 9.17) is 10.5 Å². The van der Waals surface area contributed by atoms with E-state index >= 15 is 0 Å². The van der Waals surface area contributed by atoms with Crippen molar-refractivity contribution in [3.8, 4) is 16.9 Å². The number of likely N-dealkylation sites (tertiary alicyclic amines) is 1. The Labute approximate surface area is 147 Å². The van der Waals surface area contributed by atoms with Crippen molar-refractivity contribution in [3.63, 3.8) is 0 Å². The predicted molar refractivity (Wildman–Crippen MR) is 97.5 cm³/mol. The minimum absolute atomic E-state index is 0.141. The molecule has 1 saturated carbocycles. The number of hydrogen-bond acceptors (Lipinski definition) is 4. The molecule has 0 spiro atoms. The van der Waals surface area contributed by atoms with Crippen LogP contribution in [0, 0.1) is 12.8 Å². The van der Waals surface area contributed by atoms with Gasteiger partial charge >= 0.3 is 0 Å². The molecule has 25 heavy (non-hydrogen) atoms. The molecule has 2 fully saturated rings. The fraction of sp³-hybridized carbons (Fsp3) is 0.400. The van der Waals surface area contributed by atoms with Crippen LogP contribution in [0.25, 0.3) is 11.1 Å². The van der Waals surface area contributed by atoms with Gasteiger partial charge in [0.05, 0.1) is 12.8 Å². The first-order chi connectivity index (χ1) is 12.1. The molecular weight excluding hydrogens is 314 g/mol. The van der Waals surface area contributed by atoms with Gasteiger partial charge in [0.2, 0.25) is 0 Å². The van der Waals surface area contributed by atoms with Gasteiger partial charge in [-0.3, -0.25) is 4.79 Å². The number of anilines is 1. The number of amides is 1. The summed E-state index contributed by atoms with van der Waals surface area (Å²) >= 11 is 0. The molecule has 1 aromatic heterocycles. The Balaban J connectivity index is 1.57. The molecule has 2 heterocycles. The number of fused-ring (bicyclic) bond motifs is 1. The lowest BCUT2D eigenvalue weighted by Gasteiger charge is -2.44. The van der Waals surface area contributed by atoms with Crippen LogP contribution < -0.4 is 10.5 Å². The number of aryl methyl sites for hydroxylation is 1. The Bertz CT molecular complexity index is 816. The Kier molecular flexibility index (Phi) is 3.86. The van der Waals surface area contributed by atoms with Gasteiger partial charge in [0.25, 0.3) is 5.91 Å². The molecular formula is C20H23N3O2. The van der Waals surface area contributed by atoms with E-state index in [1.807, 2.05) is 42.2 Å². The van der Waals surface area contributed by atoms with Crippen molar-refractivity contribution in [3.05, 3.63) is 41.6 Å². The molecule has 2 atom stereocenters. The van der Waals surface area contributed by atoms with E-state index in [0.717, 1.165) is 41.3 Å². The number of rotatable bonds is 3. The van der Waals surface area contributed by atoms with Crippen LogP contribution in [0.4, 0.5) is 5.82 Å². The van der Waals surface area contributed by atoms with E-state index in [0.29, 0.717) is 17.6 Å². The lowest BCUT2D eigenvalue weighted by atomic mass is 9.91. The number of hydrogen-bond donors (Lipinski definition) is 1. The Morgan fingerprint density at radius 2 is 2.04 bits per heavy atom. The van der Waals surface area contributed by atoms with Gasteiger partial charge in [-0.25, -0.2) is 4.98 Å². The third-order valence-corrected chi connectivity index (χ3v) is 5.57. The number of nitrogen functional groups attached to an aromatic ring is 1. The number of ether oxygens (including phenoxy) is 1. The fourth-order valence-corrected chi connectivity index (χ4v) is 4.13. The lowest BCUT2D eigenvalue weighted by molar-refractivity contribution is 0.0269. The molecule has 5 nitrogen and oxygen atoms in total. The topological polar surface area (TPSA) is 68.5 Å². The second-order valence-corrected chi connectivity index (χ2v) is 7.00. The normalized spacial score (nSPS) is 21.6. The van der Waals surface area contributed by atoms with Crippen molar-refractivity contribution >= 4 is 11.7 Å². The Morgan fingerprint density at radius 3 is 2.72 bits per heavy atom. The SMILES string of the molecule is COc1cc(-c2ccc(C(=O)N3C[C@@H]4CCC[C@@H]43)cc2)c(N)nc1C. The molecule has 5 heteroatoms. The molecule has 2 N–H and O–H groups in total. The molecule has 1 aliphatic heterocycles. The van der Waals surface area contributed by atoms with Crippen molar-refractivity contribution in [2.45, 2.75) is 32.2 Å². The number of nitrogens with zero attached hydrogens (tertiary/aromatic N) is 2. The van der Waals surface area contributed by atoms with Gasteiger partial charge < -0.3 is 15.4 Å². The van der Waals surface area contributed by atoms with Crippen LogP contribution in [-0.4, -0.2) is 35.5 Å². The summed E-state index contributed by atoms with van der Waals surface area (Å²) in [7, 11) is 1.62. The predicted octanol–water partition coefficient (Wildman–Crippen LogP) is 3.27. The minimum atomic E-state index is 0.141. The van der Waals surface area contributed by atoms with Crippen molar-refractivity contribution in [2.75, 3.05) is 19.4 Å². The minimum Gasteiger partial charge on any atom is -0.495 e. The van der Waals surface area contributed by atoms with Crippen LogP contribution in [0.5, 0.6) is 5.75 Å². The number of nitrogens with two attached hydrogens (primary N) is 1. The molecule has 0 radical (unpaired) electrons. The molecule has 1 aliphatic carbocycles. The van der Waals surface area contributed by atoms with Crippen LogP contribution >= 0.6 is 0 Å².